The molecule has 2 aliphatic rings. The molecule has 7 rings (SSSR count). The number of benzene rings is 1. The van der Waals surface area contributed by atoms with Crippen molar-refractivity contribution >= 4 is 33.2 Å². The summed E-state index contributed by atoms with van der Waals surface area (Å²) in [6.45, 7) is 10.1. The summed E-state index contributed by atoms with van der Waals surface area (Å²) in [4.78, 5) is 40.6. The lowest BCUT2D eigenvalue weighted by atomic mass is 9.95. The summed E-state index contributed by atoms with van der Waals surface area (Å²) < 4.78 is 39.0. The molecule has 2 aliphatic heterocycles. The Hall–Kier alpha value is -5.01. The van der Waals surface area contributed by atoms with E-state index in [1.54, 1.807) is 30.8 Å². The predicted molar refractivity (Wildman–Crippen MR) is 189 cm³/mol. The number of halogens is 2. The van der Waals surface area contributed by atoms with Crippen molar-refractivity contribution in [2.24, 2.45) is 0 Å². The minimum atomic E-state index is -0.776. The van der Waals surface area contributed by atoms with Crippen LogP contribution in [0.5, 0.6) is 5.75 Å². The number of hydrogen-bond donors (Lipinski definition) is 0. The Morgan fingerprint density at radius 1 is 1.12 bits per heavy atom. The maximum atomic E-state index is 16.0. The van der Waals surface area contributed by atoms with E-state index in [4.69, 9.17) is 19.8 Å². The normalized spacial score (nSPS) is 15.9. The largest absolute Gasteiger partial charge is 0.493 e. The first-order chi connectivity index (χ1) is 24.1. The molecule has 50 heavy (non-hydrogen) atoms. The summed E-state index contributed by atoms with van der Waals surface area (Å²) in [5, 5.41) is 7.64. The maximum absolute atomic E-state index is 16.0. The van der Waals surface area contributed by atoms with Crippen molar-refractivity contribution in [3.63, 3.8) is 0 Å². The summed E-state index contributed by atoms with van der Waals surface area (Å²) in [7, 11) is 3.50. The number of rotatable bonds is 8. The lowest BCUT2D eigenvalue weighted by molar-refractivity contribution is -0.130. The van der Waals surface area contributed by atoms with Gasteiger partial charge < -0.3 is 14.5 Å². The SMILES string of the molecule is C=CC(=O)N1CCn2nc(-c3nc(-c4cnc5c(c4)CN(CC(=O)N(C)C)CC5)c4ccsc4c3-c3c(F)cc(F)cc3OCC)cc2[C@H]1C. The van der Waals surface area contributed by atoms with Gasteiger partial charge in [-0.15, -0.1) is 11.3 Å². The van der Waals surface area contributed by atoms with Crippen LogP contribution < -0.4 is 4.74 Å². The molecule has 13 heteroatoms. The first kappa shape index (κ1) is 33.5. The molecule has 4 aromatic heterocycles. The van der Waals surface area contributed by atoms with Crippen molar-refractivity contribution < 1.29 is 23.1 Å². The van der Waals surface area contributed by atoms with Crippen LogP contribution in [0.3, 0.4) is 0 Å². The highest BCUT2D eigenvalue weighted by atomic mass is 32.1. The summed E-state index contributed by atoms with van der Waals surface area (Å²) in [6.07, 6.45) is 3.83. The van der Waals surface area contributed by atoms with Gasteiger partial charge in [0.2, 0.25) is 11.8 Å². The van der Waals surface area contributed by atoms with Crippen molar-refractivity contribution in [3.05, 3.63) is 83.1 Å². The highest BCUT2D eigenvalue weighted by Gasteiger charge is 2.32. The number of carbonyl (C=O) groups excluding carboxylic acids is 2. The summed E-state index contributed by atoms with van der Waals surface area (Å²) >= 11 is 1.42. The van der Waals surface area contributed by atoms with Crippen LogP contribution in [0.4, 0.5) is 8.78 Å². The average Bonchev–Trinajstić information content (AvgIpc) is 3.76. The van der Waals surface area contributed by atoms with Gasteiger partial charge in [0.05, 0.1) is 42.7 Å². The van der Waals surface area contributed by atoms with E-state index in [2.05, 4.69) is 17.5 Å². The van der Waals surface area contributed by atoms with Crippen molar-refractivity contribution in [1.29, 1.82) is 0 Å². The van der Waals surface area contributed by atoms with Gasteiger partial charge in [-0.05, 0) is 49.1 Å². The van der Waals surface area contributed by atoms with Crippen molar-refractivity contribution in [2.45, 2.75) is 39.4 Å². The molecule has 2 amide bonds. The third-order valence-corrected chi connectivity index (χ3v) is 10.3. The van der Waals surface area contributed by atoms with Gasteiger partial charge in [-0.2, -0.15) is 5.10 Å². The van der Waals surface area contributed by atoms with E-state index >= 15 is 4.39 Å². The van der Waals surface area contributed by atoms with Crippen LogP contribution in [0.2, 0.25) is 0 Å². The molecular formula is C37H37F2N7O3S. The maximum Gasteiger partial charge on any atom is 0.246 e. The number of thiophene rings is 1. The highest BCUT2D eigenvalue weighted by Crippen LogP contribution is 2.47. The van der Waals surface area contributed by atoms with E-state index in [0.29, 0.717) is 48.8 Å². The Morgan fingerprint density at radius 2 is 1.94 bits per heavy atom. The molecule has 0 bridgehead atoms. The molecule has 0 saturated carbocycles. The second kappa shape index (κ2) is 13.4. The quantitative estimate of drug-likeness (QED) is 0.181. The van der Waals surface area contributed by atoms with Crippen LogP contribution in [-0.2, 0) is 29.1 Å². The van der Waals surface area contributed by atoms with Crippen molar-refractivity contribution in [2.75, 3.05) is 40.3 Å². The number of hydrogen-bond acceptors (Lipinski definition) is 8. The molecule has 0 unspecified atom stereocenters. The Balaban J connectivity index is 1.43. The number of ether oxygens (including phenoxy) is 1. The molecule has 5 aromatic rings. The standard InChI is InChI=1S/C37H37F2N7O3S/c1-6-31(47)45-11-12-46-29(21(45)3)17-28(42-46)36-34(33-26(39)15-24(38)16-30(33)49-7-2)37-25(9-13-50-37)35(41-36)22-14-23-19-44(20-32(48)43(4)5)10-8-27(23)40-18-22/h6,9,13-18,21H,1,7-8,10-12,19-20H2,2-5H3/t21-/m1/s1. The van der Waals surface area contributed by atoms with Crippen LogP contribution in [0.1, 0.15) is 36.8 Å². The molecular weight excluding hydrogens is 661 g/mol. The van der Waals surface area contributed by atoms with Gasteiger partial charge in [0.1, 0.15) is 28.8 Å². The molecule has 0 fully saturated rings. The number of fused-ring (bicyclic) bond motifs is 3. The molecule has 6 heterocycles. The topological polar surface area (TPSA) is 96.7 Å². The lowest BCUT2D eigenvalue weighted by Crippen LogP contribution is -2.40. The molecule has 10 nitrogen and oxygen atoms in total. The van der Waals surface area contributed by atoms with E-state index in [0.717, 1.165) is 51.6 Å². The predicted octanol–water partition coefficient (Wildman–Crippen LogP) is 6.10. The first-order valence-electron chi connectivity index (χ1n) is 16.5. The number of aromatic nitrogens is 4. The fourth-order valence-electron chi connectivity index (χ4n) is 6.84. The van der Waals surface area contributed by atoms with Crippen LogP contribution in [0.15, 0.2) is 54.6 Å². The van der Waals surface area contributed by atoms with E-state index in [9.17, 15) is 14.0 Å². The molecule has 1 atom stereocenters. The van der Waals surface area contributed by atoms with Gasteiger partial charge in [0.25, 0.3) is 0 Å². The van der Waals surface area contributed by atoms with E-state index in [1.807, 2.05) is 35.3 Å². The van der Waals surface area contributed by atoms with Gasteiger partial charge in [0, 0.05) is 85.4 Å². The van der Waals surface area contributed by atoms with Crippen LogP contribution in [0.25, 0.3) is 43.9 Å². The molecule has 0 radical (unpaired) electrons. The fraction of sp³-hybridized carbons (Fsp3) is 0.324. The number of carbonyl (C=O) groups is 2. The van der Waals surface area contributed by atoms with Crippen LogP contribution >= 0.6 is 11.3 Å². The van der Waals surface area contributed by atoms with E-state index in [1.165, 1.54) is 23.5 Å². The fourth-order valence-corrected chi connectivity index (χ4v) is 7.79. The molecule has 0 saturated heterocycles. The lowest BCUT2D eigenvalue weighted by Gasteiger charge is -2.33. The Bertz CT molecular complexity index is 2160. The number of nitrogens with zero attached hydrogens (tertiary/aromatic N) is 7. The van der Waals surface area contributed by atoms with Gasteiger partial charge in [0.15, 0.2) is 0 Å². The summed E-state index contributed by atoms with van der Waals surface area (Å²) in [6, 6.07) is 7.65. The molecule has 1 aromatic carbocycles. The van der Waals surface area contributed by atoms with Gasteiger partial charge in [-0.1, -0.05) is 6.58 Å². The Kier molecular flexibility index (Phi) is 8.95. The zero-order valence-electron chi connectivity index (χ0n) is 28.4. The third kappa shape index (κ3) is 5.94. The molecule has 0 aliphatic carbocycles. The van der Waals surface area contributed by atoms with Crippen LogP contribution in [-0.4, -0.2) is 86.6 Å². The van der Waals surface area contributed by atoms with E-state index < -0.39 is 11.6 Å². The second-order valence-electron chi connectivity index (χ2n) is 12.7. The van der Waals surface area contributed by atoms with Crippen molar-refractivity contribution in [1.82, 2.24) is 34.4 Å². The summed E-state index contributed by atoms with van der Waals surface area (Å²) in [5.74, 6) is -1.59. The van der Waals surface area contributed by atoms with Gasteiger partial charge in [-0.3, -0.25) is 24.2 Å². The number of likely N-dealkylation sites (N-methyl/N-ethyl adjacent to an activating group) is 1. The smallest absolute Gasteiger partial charge is 0.246 e. The second-order valence-corrected chi connectivity index (χ2v) is 13.6. The zero-order chi connectivity index (χ0) is 35.3. The van der Waals surface area contributed by atoms with Crippen LogP contribution in [0, 0.1) is 11.6 Å². The number of pyridine rings is 2. The first-order valence-corrected chi connectivity index (χ1v) is 17.4. The molecule has 0 spiro atoms. The van der Waals surface area contributed by atoms with Crippen molar-refractivity contribution in [3.8, 4) is 39.5 Å². The Morgan fingerprint density at radius 3 is 2.70 bits per heavy atom. The zero-order valence-corrected chi connectivity index (χ0v) is 29.2. The van der Waals surface area contributed by atoms with E-state index in [-0.39, 0.29) is 35.8 Å². The molecule has 258 valence electrons. The minimum absolute atomic E-state index is 0.0351. The molecule has 0 N–H and O–H groups in total. The minimum Gasteiger partial charge on any atom is -0.493 e. The van der Waals surface area contributed by atoms with Gasteiger partial charge >= 0.3 is 0 Å². The monoisotopic (exact) mass is 697 g/mol. The Labute approximate surface area is 292 Å². The third-order valence-electron chi connectivity index (χ3n) is 9.39. The average molecular weight is 698 g/mol. The summed E-state index contributed by atoms with van der Waals surface area (Å²) in [5.41, 5.74) is 5.62. The van der Waals surface area contributed by atoms with Gasteiger partial charge in [-0.25, -0.2) is 13.8 Å². The highest BCUT2D eigenvalue weighted by molar-refractivity contribution is 7.18. The number of amides is 2.